The first-order valence-electron chi connectivity index (χ1n) is 10.5. The summed E-state index contributed by atoms with van der Waals surface area (Å²) in [6, 6.07) is 3.28. The Morgan fingerprint density at radius 2 is 1.39 bits per heavy atom. The summed E-state index contributed by atoms with van der Waals surface area (Å²) in [6.07, 6.45) is 9.99. The summed E-state index contributed by atoms with van der Waals surface area (Å²) in [4.78, 5) is 11.1. The maximum atomic E-state index is 13.0. The lowest BCUT2D eigenvalue weighted by molar-refractivity contribution is -0.138. The molecule has 1 aromatic carbocycles. The lowest BCUT2D eigenvalue weighted by Gasteiger charge is -2.13. The molecule has 0 aliphatic rings. The van der Waals surface area contributed by atoms with Crippen molar-refractivity contribution in [2.45, 2.75) is 90.1 Å². The Morgan fingerprint density at radius 1 is 0.893 bits per heavy atom. The number of hydrogen-bond donors (Lipinski definition) is 1. The number of hydrogen-bond acceptors (Lipinski definition) is 2. The van der Waals surface area contributed by atoms with Crippen LogP contribution in [-0.2, 0) is 6.18 Å². The first-order chi connectivity index (χ1) is 13.4. The van der Waals surface area contributed by atoms with Gasteiger partial charge in [0.2, 0.25) is 5.91 Å². The zero-order chi connectivity index (χ0) is 20.8. The monoisotopic (exact) mass is 401 g/mol. The second kappa shape index (κ2) is 13.5. The van der Waals surface area contributed by atoms with Gasteiger partial charge in [-0.15, -0.1) is 0 Å². The normalized spacial score (nSPS) is 11.6. The SMILES string of the molecule is CCCCCCCCCCCCCCOc1ccc(C(N)=O)c(C(F)(F)F)c1. The minimum atomic E-state index is -4.64. The smallest absolute Gasteiger partial charge is 0.417 e. The predicted molar refractivity (Wildman–Crippen MR) is 107 cm³/mol. The van der Waals surface area contributed by atoms with E-state index in [0.717, 1.165) is 31.4 Å². The van der Waals surface area contributed by atoms with Crippen LogP contribution in [0, 0.1) is 0 Å². The number of amides is 1. The highest BCUT2D eigenvalue weighted by molar-refractivity contribution is 5.94. The molecule has 6 heteroatoms. The minimum absolute atomic E-state index is 0.111. The third-order valence-corrected chi connectivity index (χ3v) is 4.83. The van der Waals surface area contributed by atoms with Crippen molar-refractivity contribution in [3.05, 3.63) is 29.3 Å². The Hall–Kier alpha value is -1.72. The quantitative estimate of drug-likeness (QED) is 0.326. The molecular formula is C22H34F3NO2. The van der Waals surface area contributed by atoms with E-state index in [1.54, 1.807) is 0 Å². The van der Waals surface area contributed by atoms with Gasteiger partial charge in [-0.1, -0.05) is 77.6 Å². The summed E-state index contributed by atoms with van der Waals surface area (Å²) < 4.78 is 44.5. The van der Waals surface area contributed by atoms with Crippen LogP contribution in [0.15, 0.2) is 18.2 Å². The molecule has 28 heavy (non-hydrogen) atoms. The molecule has 0 atom stereocenters. The molecule has 2 N–H and O–H groups in total. The van der Waals surface area contributed by atoms with E-state index in [9.17, 15) is 18.0 Å². The topological polar surface area (TPSA) is 52.3 Å². The Balaban J connectivity index is 2.16. The van der Waals surface area contributed by atoms with Crippen LogP contribution < -0.4 is 10.5 Å². The Bertz CT molecular complexity index is 573. The lowest BCUT2D eigenvalue weighted by atomic mass is 10.1. The first kappa shape index (κ1) is 24.3. The van der Waals surface area contributed by atoms with E-state index in [-0.39, 0.29) is 5.75 Å². The van der Waals surface area contributed by atoms with Gasteiger partial charge in [-0.25, -0.2) is 0 Å². The van der Waals surface area contributed by atoms with Crippen molar-refractivity contribution in [3.8, 4) is 5.75 Å². The maximum absolute atomic E-state index is 13.0. The van der Waals surface area contributed by atoms with Gasteiger partial charge >= 0.3 is 6.18 Å². The second-order valence-electron chi connectivity index (χ2n) is 7.31. The number of unbranched alkanes of at least 4 members (excludes halogenated alkanes) is 11. The molecule has 1 rings (SSSR count). The Kier molecular flexibility index (Phi) is 11.7. The molecule has 160 valence electrons. The second-order valence-corrected chi connectivity index (χ2v) is 7.31. The highest BCUT2D eigenvalue weighted by Crippen LogP contribution is 2.34. The molecule has 3 nitrogen and oxygen atoms in total. The molecular weight excluding hydrogens is 367 g/mol. The number of primary amides is 1. The fourth-order valence-corrected chi connectivity index (χ4v) is 3.20. The molecule has 0 fully saturated rings. The third-order valence-electron chi connectivity index (χ3n) is 4.83. The highest BCUT2D eigenvalue weighted by Gasteiger charge is 2.35. The number of carbonyl (C=O) groups is 1. The number of carbonyl (C=O) groups excluding carboxylic acids is 1. The van der Waals surface area contributed by atoms with Crippen LogP contribution in [0.4, 0.5) is 13.2 Å². The molecule has 0 aliphatic heterocycles. The number of alkyl halides is 3. The first-order valence-corrected chi connectivity index (χ1v) is 10.5. The molecule has 0 saturated carbocycles. The van der Waals surface area contributed by atoms with E-state index < -0.39 is 23.2 Å². The van der Waals surface area contributed by atoms with Crippen molar-refractivity contribution in [2.24, 2.45) is 5.73 Å². The van der Waals surface area contributed by atoms with Crippen molar-refractivity contribution in [1.82, 2.24) is 0 Å². The van der Waals surface area contributed by atoms with Crippen molar-refractivity contribution in [3.63, 3.8) is 0 Å². The van der Waals surface area contributed by atoms with Crippen LogP contribution in [0.25, 0.3) is 0 Å². The molecule has 0 aliphatic carbocycles. The van der Waals surface area contributed by atoms with Crippen molar-refractivity contribution in [2.75, 3.05) is 6.61 Å². The van der Waals surface area contributed by atoms with E-state index in [4.69, 9.17) is 10.5 Å². The molecule has 0 aromatic heterocycles. The third kappa shape index (κ3) is 10.00. The molecule has 0 spiro atoms. The van der Waals surface area contributed by atoms with E-state index in [0.29, 0.717) is 6.61 Å². The summed E-state index contributed by atoms with van der Waals surface area (Å²) >= 11 is 0. The number of nitrogens with two attached hydrogens (primary N) is 1. The van der Waals surface area contributed by atoms with Gasteiger partial charge < -0.3 is 10.5 Å². The predicted octanol–water partition coefficient (Wildman–Crippen LogP) is 6.88. The molecule has 0 heterocycles. The number of rotatable bonds is 15. The van der Waals surface area contributed by atoms with E-state index in [2.05, 4.69) is 6.92 Å². The zero-order valence-electron chi connectivity index (χ0n) is 17.0. The van der Waals surface area contributed by atoms with Gasteiger partial charge in [0.05, 0.1) is 17.7 Å². The molecule has 0 saturated heterocycles. The largest absolute Gasteiger partial charge is 0.494 e. The minimum Gasteiger partial charge on any atom is -0.494 e. The van der Waals surface area contributed by atoms with Crippen LogP contribution in [0.2, 0.25) is 0 Å². The lowest BCUT2D eigenvalue weighted by Crippen LogP contribution is -2.18. The summed E-state index contributed by atoms with van der Waals surface area (Å²) in [5, 5.41) is 0. The van der Waals surface area contributed by atoms with E-state index in [1.165, 1.54) is 63.9 Å². The van der Waals surface area contributed by atoms with Crippen molar-refractivity contribution >= 4 is 5.91 Å². The number of ether oxygens (including phenoxy) is 1. The Morgan fingerprint density at radius 3 is 1.86 bits per heavy atom. The fraction of sp³-hybridized carbons (Fsp3) is 0.682. The van der Waals surface area contributed by atoms with Crippen LogP contribution in [0.5, 0.6) is 5.75 Å². The average Bonchev–Trinajstić information content (AvgIpc) is 2.64. The standard InChI is InChI=1S/C22H34F3NO2/c1-2-3-4-5-6-7-8-9-10-11-12-13-16-28-18-14-15-19(21(26)27)20(17-18)22(23,24)25/h14-15,17H,2-13,16H2,1H3,(H2,26,27). The van der Waals surface area contributed by atoms with Crippen molar-refractivity contribution < 1.29 is 22.7 Å². The Labute approximate surface area is 166 Å². The van der Waals surface area contributed by atoms with Crippen LogP contribution in [0.3, 0.4) is 0 Å². The van der Waals surface area contributed by atoms with Crippen molar-refractivity contribution in [1.29, 1.82) is 0 Å². The molecule has 1 amide bonds. The maximum Gasteiger partial charge on any atom is 0.417 e. The van der Waals surface area contributed by atoms with Gasteiger partial charge in [0, 0.05) is 0 Å². The molecule has 0 bridgehead atoms. The summed E-state index contributed by atoms with van der Waals surface area (Å²) in [5.74, 6) is -0.986. The van der Waals surface area contributed by atoms with E-state index in [1.807, 2.05) is 0 Å². The number of halogens is 3. The summed E-state index contributed by atoms with van der Waals surface area (Å²) in [7, 11) is 0. The molecule has 1 aromatic rings. The van der Waals surface area contributed by atoms with Crippen LogP contribution >= 0.6 is 0 Å². The van der Waals surface area contributed by atoms with E-state index >= 15 is 0 Å². The van der Waals surface area contributed by atoms with Crippen LogP contribution in [-0.4, -0.2) is 12.5 Å². The highest BCUT2D eigenvalue weighted by atomic mass is 19.4. The summed E-state index contributed by atoms with van der Waals surface area (Å²) in [6.45, 7) is 2.59. The fourth-order valence-electron chi connectivity index (χ4n) is 3.20. The van der Waals surface area contributed by atoms with Gasteiger partial charge in [-0.3, -0.25) is 4.79 Å². The van der Waals surface area contributed by atoms with Gasteiger partial charge in [0.15, 0.2) is 0 Å². The van der Waals surface area contributed by atoms with Gasteiger partial charge in [-0.05, 0) is 24.6 Å². The zero-order valence-corrected chi connectivity index (χ0v) is 17.0. The summed E-state index contributed by atoms with van der Waals surface area (Å²) in [5.41, 5.74) is 3.42. The van der Waals surface area contributed by atoms with Gasteiger partial charge in [0.1, 0.15) is 5.75 Å². The van der Waals surface area contributed by atoms with Crippen LogP contribution in [0.1, 0.15) is 99.9 Å². The molecule has 0 radical (unpaired) electrons. The number of benzene rings is 1. The van der Waals surface area contributed by atoms with Gasteiger partial charge in [0.25, 0.3) is 0 Å². The average molecular weight is 402 g/mol. The molecule has 0 unspecified atom stereocenters. The van der Waals surface area contributed by atoms with Gasteiger partial charge in [-0.2, -0.15) is 13.2 Å².